The Hall–Kier alpha value is -0.256. The van der Waals surface area contributed by atoms with Crippen molar-refractivity contribution in [2.75, 3.05) is 0 Å². The quantitative estimate of drug-likeness (QED) is 0.278. The van der Waals surface area contributed by atoms with Crippen LogP contribution in [0.4, 0.5) is 17.3 Å². The predicted molar refractivity (Wildman–Crippen MR) is 66.2 cm³/mol. The Labute approximate surface area is 134 Å². The summed E-state index contributed by atoms with van der Waals surface area (Å²) >= 11 is 0. The zero-order chi connectivity index (χ0) is 16.4. The van der Waals surface area contributed by atoms with Crippen LogP contribution in [-0.2, 0) is 26.4 Å². The second kappa shape index (κ2) is 16.1. The van der Waals surface area contributed by atoms with Gasteiger partial charge in [-0.2, -0.15) is 0 Å². The van der Waals surface area contributed by atoms with Crippen molar-refractivity contribution in [1.82, 2.24) is 0 Å². The molecule has 5 radical (unpaired) electrons. The van der Waals surface area contributed by atoms with Crippen LogP contribution >= 0.6 is 0 Å². The molecule has 1 aliphatic carbocycles. The molecular formula is C12H17BF4FeO3+. The fourth-order valence-corrected chi connectivity index (χ4v) is 1.41. The molecule has 1 rings (SSSR count). The van der Waals surface area contributed by atoms with Gasteiger partial charge in [0.05, 0.1) is 0 Å². The van der Waals surface area contributed by atoms with E-state index < -0.39 is 7.25 Å². The summed E-state index contributed by atoms with van der Waals surface area (Å²) in [6.07, 6.45) is 0. The third kappa shape index (κ3) is 15.9. The van der Waals surface area contributed by atoms with E-state index in [-0.39, 0.29) is 22.5 Å². The van der Waals surface area contributed by atoms with Gasteiger partial charge in [0, 0.05) is 0 Å². The molecule has 0 spiro atoms. The van der Waals surface area contributed by atoms with Crippen molar-refractivity contribution < 1.29 is 49.1 Å². The molecule has 0 aromatic heterocycles. The van der Waals surface area contributed by atoms with Gasteiger partial charge in [0.15, 0.2) is 0 Å². The second-order valence-corrected chi connectivity index (χ2v) is 3.62. The third-order valence-corrected chi connectivity index (χ3v) is 2.81. The van der Waals surface area contributed by atoms with Gasteiger partial charge in [-0.25, -0.2) is 0 Å². The summed E-state index contributed by atoms with van der Waals surface area (Å²) in [5, 5.41) is 0. The molecule has 1 aliphatic rings. The fraction of sp³-hybridized carbons (Fsp3) is 0.417. The zero-order valence-corrected chi connectivity index (χ0v) is 13.4. The van der Waals surface area contributed by atoms with Gasteiger partial charge < -0.3 is 22.7 Å². The van der Waals surface area contributed by atoms with Crippen LogP contribution in [0.3, 0.4) is 0 Å². The monoisotopic (exact) mass is 352 g/mol. The van der Waals surface area contributed by atoms with E-state index in [0.717, 1.165) is 0 Å². The Morgan fingerprint density at radius 2 is 0.667 bits per heavy atom. The van der Waals surface area contributed by atoms with E-state index in [1.807, 2.05) is 0 Å². The van der Waals surface area contributed by atoms with E-state index in [0.29, 0.717) is 0 Å². The molecule has 0 aromatic carbocycles. The first-order chi connectivity index (χ1) is 8.55. The molecule has 0 bridgehead atoms. The Bertz CT molecular complexity index is 217. The third-order valence-electron chi connectivity index (χ3n) is 2.81. The first-order valence-electron chi connectivity index (χ1n) is 5.03. The topological polar surface area (TPSA) is 71.3 Å². The smallest absolute Gasteiger partial charge is 2.00 e. The standard InChI is InChI=1S/C10H15.2CO.BF4.Fe.H2O/c1-6-7(2)9(4)10(5)8(6)3;2*1-2;2-1(3,4)5;;/h1-5H3;;;;;1H2/q;;;-1;+2;. The number of hydrogen-bond donors (Lipinski definition) is 0. The van der Waals surface area contributed by atoms with Crippen molar-refractivity contribution in [1.29, 1.82) is 0 Å². The fourth-order valence-electron chi connectivity index (χ4n) is 1.41. The van der Waals surface area contributed by atoms with Gasteiger partial charge in [0.25, 0.3) is 0 Å². The second-order valence-electron chi connectivity index (χ2n) is 3.62. The van der Waals surface area contributed by atoms with Crippen molar-refractivity contribution in [2.45, 2.75) is 34.6 Å². The van der Waals surface area contributed by atoms with Crippen molar-refractivity contribution in [2.24, 2.45) is 0 Å². The minimum absolute atomic E-state index is 0. The molecule has 0 unspecified atom stereocenters. The van der Waals surface area contributed by atoms with Gasteiger partial charge >= 0.3 is 46.9 Å². The maximum absolute atomic E-state index is 9.75. The molecule has 1 saturated carbocycles. The van der Waals surface area contributed by atoms with Crippen LogP contribution in [0.15, 0.2) is 0 Å². The van der Waals surface area contributed by atoms with E-state index in [2.05, 4.69) is 47.9 Å². The SMILES string of the molecule is C[C]1[C](C)[C](C)[C](C)[C]1C.F[B-](F)(F)F.O.[C-]#[O+].[C-]#[O+].[Fe+2]. The summed E-state index contributed by atoms with van der Waals surface area (Å²) in [5.41, 5.74) is 0. The average Bonchev–Trinajstić information content (AvgIpc) is 2.51. The minimum Gasteiger partial charge on any atom is 2.00 e. The van der Waals surface area contributed by atoms with Gasteiger partial charge in [-0.1, -0.05) is 34.6 Å². The van der Waals surface area contributed by atoms with Crippen molar-refractivity contribution in [3.63, 3.8) is 0 Å². The van der Waals surface area contributed by atoms with Gasteiger partial charge in [0.1, 0.15) is 0 Å². The van der Waals surface area contributed by atoms with Crippen LogP contribution in [0.5, 0.6) is 0 Å². The van der Waals surface area contributed by atoms with Gasteiger partial charge in [0.2, 0.25) is 0 Å². The van der Waals surface area contributed by atoms with E-state index >= 15 is 0 Å². The molecular weight excluding hydrogens is 335 g/mol. The Morgan fingerprint density at radius 1 is 0.619 bits per heavy atom. The van der Waals surface area contributed by atoms with Crippen LogP contribution in [0, 0.1) is 42.9 Å². The normalized spacial score (nSPS) is 16.6. The summed E-state index contributed by atoms with van der Waals surface area (Å²) in [4.78, 5) is 0. The molecule has 0 aliphatic heterocycles. The van der Waals surface area contributed by atoms with E-state index in [9.17, 15) is 17.3 Å². The van der Waals surface area contributed by atoms with Gasteiger partial charge in [-0.05, 0) is 29.6 Å². The first kappa shape index (κ1) is 32.6. The number of halogens is 4. The van der Waals surface area contributed by atoms with Crippen LogP contribution < -0.4 is 0 Å². The number of hydrogen-bond acceptors (Lipinski definition) is 0. The summed E-state index contributed by atoms with van der Waals surface area (Å²) in [7, 11) is -6.00. The predicted octanol–water partition coefficient (Wildman–Crippen LogP) is 3.37. The maximum Gasteiger partial charge on any atom is 2.00 e. The van der Waals surface area contributed by atoms with Crippen molar-refractivity contribution >= 4 is 7.25 Å². The molecule has 0 saturated heterocycles. The largest absolute Gasteiger partial charge is 2.00 e. The molecule has 0 atom stereocenters. The van der Waals surface area contributed by atoms with Crippen LogP contribution in [0.25, 0.3) is 0 Å². The summed E-state index contributed by atoms with van der Waals surface area (Å²) in [6, 6.07) is 0. The number of rotatable bonds is 0. The van der Waals surface area contributed by atoms with Crippen molar-refractivity contribution in [3.05, 3.63) is 42.9 Å². The van der Waals surface area contributed by atoms with Crippen LogP contribution in [-0.4, -0.2) is 12.7 Å². The Balaban J connectivity index is -0.0000000674. The Morgan fingerprint density at radius 3 is 0.714 bits per heavy atom. The molecule has 21 heavy (non-hydrogen) atoms. The van der Waals surface area contributed by atoms with E-state index in [1.165, 1.54) is 29.6 Å². The average molecular weight is 352 g/mol. The molecule has 9 heteroatoms. The molecule has 0 heterocycles. The molecule has 0 amide bonds. The first-order valence-corrected chi connectivity index (χ1v) is 5.03. The van der Waals surface area contributed by atoms with E-state index in [4.69, 9.17) is 9.30 Å². The zero-order valence-electron chi connectivity index (χ0n) is 12.3. The maximum atomic E-state index is 9.75. The molecule has 2 N–H and O–H groups in total. The molecule has 0 aromatic rings. The van der Waals surface area contributed by atoms with Crippen LogP contribution in [0.1, 0.15) is 34.6 Å². The summed E-state index contributed by atoms with van der Waals surface area (Å²) < 4.78 is 54.0. The Kier molecular flexibility index (Phi) is 25.0. The van der Waals surface area contributed by atoms with Crippen molar-refractivity contribution in [3.8, 4) is 0 Å². The van der Waals surface area contributed by atoms with Gasteiger partial charge in [-0.15, -0.1) is 0 Å². The molecule has 3 nitrogen and oxygen atoms in total. The molecule has 121 valence electrons. The summed E-state index contributed by atoms with van der Waals surface area (Å²) in [6.45, 7) is 20.0. The molecule has 1 fully saturated rings. The van der Waals surface area contributed by atoms with Crippen LogP contribution in [0.2, 0.25) is 0 Å². The minimum atomic E-state index is -6.00. The van der Waals surface area contributed by atoms with Gasteiger partial charge in [-0.3, -0.25) is 0 Å². The van der Waals surface area contributed by atoms with E-state index in [1.54, 1.807) is 0 Å². The summed E-state index contributed by atoms with van der Waals surface area (Å²) in [5.74, 6) is 7.34.